The molecule has 9 N–H and O–H groups in total. The Hall–Kier alpha value is -1.19. The van der Waals surface area contributed by atoms with E-state index in [-0.39, 0.29) is 29.4 Å². The standard InChI is InChI=1S/C6H8O7.Fe.2H3N/c7-3(8)1-6(13,5(11)12)2-4(9)10;;;/h13H,1-2H2,(H,7,8)(H,9,10)(H,11,12);;2*1H3/q;+1;;/p-1. The summed E-state index contributed by atoms with van der Waals surface area (Å²) in [7, 11) is 0. The van der Waals surface area contributed by atoms with Crippen LogP contribution in [-0.4, -0.2) is 28.6 Å². The third-order valence-corrected chi connectivity index (χ3v) is 1.25. The van der Waals surface area contributed by atoms with Gasteiger partial charge in [-0.2, -0.15) is 0 Å². The quantitative estimate of drug-likeness (QED) is 0.419. The summed E-state index contributed by atoms with van der Waals surface area (Å²) >= 11 is 0. The third-order valence-electron chi connectivity index (χ3n) is 1.25. The molecule has 0 heterocycles. The number of carbonyl (C=O) groups excluding carboxylic acids is 3. The summed E-state index contributed by atoms with van der Waals surface area (Å²) in [5.74, 6) is -5.98. The van der Waals surface area contributed by atoms with Gasteiger partial charge >= 0.3 is 17.1 Å². The Labute approximate surface area is 101 Å². The molecule has 0 rings (SSSR count). The molecule has 0 aliphatic heterocycles. The predicted octanol–water partition coefficient (Wildman–Crippen LogP) is -4.50. The Morgan fingerprint density at radius 3 is 1.31 bits per heavy atom. The minimum Gasteiger partial charge on any atom is -0.550 e. The number of carboxylic acid groups (broad SMARTS) is 3. The Morgan fingerprint density at radius 1 is 0.938 bits per heavy atom. The first-order chi connectivity index (χ1) is 5.78. The second kappa shape index (κ2) is 9.07. The summed E-state index contributed by atoms with van der Waals surface area (Å²) in [6.07, 6.45) is -2.72. The first-order valence-electron chi connectivity index (χ1n) is 3.11. The van der Waals surface area contributed by atoms with E-state index in [0.29, 0.717) is 0 Å². The van der Waals surface area contributed by atoms with Crippen LogP contribution in [0.3, 0.4) is 0 Å². The predicted molar refractivity (Wildman–Crippen MR) is 41.2 cm³/mol. The number of aliphatic carboxylic acids is 3. The number of carbonyl (C=O) groups is 3. The van der Waals surface area contributed by atoms with E-state index in [1.807, 2.05) is 0 Å². The van der Waals surface area contributed by atoms with Crippen LogP contribution in [-0.2, 0) is 31.5 Å². The van der Waals surface area contributed by atoms with Crippen molar-refractivity contribution in [3.8, 4) is 0 Å². The van der Waals surface area contributed by atoms with Gasteiger partial charge in [0.2, 0.25) is 0 Å². The van der Waals surface area contributed by atoms with Gasteiger partial charge in [-0.1, -0.05) is 0 Å². The Bertz CT molecular complexity index is 241. The van der Waals surface area contributed by atoms with Gasteiger partial charge in [-0.15, -0.1) is 0 Å². The molecule has 1 radical (unpaired) electrons. The summed E-state index contributed by atoms with van der Waals surface area (Å²) in [5, 5.41) is 38.9. The molecule has 0 aliphatic carbocycles. The van der Waals surface area contributed by atoms with Gasteiger partial charge in [0.1, 0.15) is 5.60 Å². The van der Waals surface area contributed by atoms with Gasteiger partial charge in [0.15, 0.2) is 0 Å². The first kappa shape index (κ1) is 24.2. The zero-order valence-electron chi connectivity index (χ0n) is 8.66. The molecule has 0 aromatic rings. The fourth-order valence-corrected chi connectivity index (χ4v) is 0.684. The van der Waals surface area contributed by atoms with E-state index in [9.17, 15) is 29.7 Å². The zero-order chi connectivity index (χ0) is 10.6. The molecule has 97 valence electrons. The van der Waals surface area contributed by atoms with Crippen LogP contribution in [0.25, 0.3) is 0 Å². The van der Waals surface area contributed by atoms with Gasteiger partial charge < -0.3 is 47.1 Å². The van der Waals surface area contributed by atoms with Crippen LogP contribution >= 0.6 is 0 Å². The third kappa shape index (κ3) is 8.15. The Balaban J connectivity index is -0.000000240. The van der Waals surface area contributed by atoms with Crippen molar-refractivity contribution in [1.82, 2.24) is 12.3 Å². The molecule has 0 saturated heterocycles. The summed E-state index contributed by atoms with van der Waals surface area (Å²) in [6.45, 7) is 0. The molecule has 0 amide bonds. The van der Waals surface area contributed by atoms with E-state index in [0.717, 1.165) is 0 Å². The molecule has 0 aromatic heterocycles. The van der Waals surface area contributed by atoms with Crippen molar-refractivity contribution in [2.75, 3.05) is 0 Å². The topological polar surface area (TPSA) is 214 Å². The zero-order valence-corrected chi connectivity index (χ0v) is 9.77. The molecule has 0 aromatic carbocycles. The second-order valence-electron chi connectivity index (χ2n) is 2.42. The van der Waals surface area contributed by atoms with Crippen molar-refractivity contribution in [3.63, 3.8) is 0 Å². The van der Waals surface area contributed by atoms with E-state index in [2.05, 4.69) is 0 Å². The van der Waals surface area contributed by atoms with Crippen molar-refractivity contribution >= 4 is 17.9 Å². The molecule has 0 fully saturated rings. The molecule has 0 aliphatic rings. The number of rotatable bonds is 5. The van der Waals surface area contributed by atoms with E-state index in [4.69, 9.17) is 5.11 Å². The SMILES string of the molecule is O=C([O-])CC(O)(CC(=O)[O-])C(=O)[O-].[Fe+].[NH4+].[NH4+]. The van der Waals surface area contributed by atoms with Gasteiger partial charge in [0.05, 0.1) is 5.97 Å². The normalized spacial score (nSPS) is 8.81. The fraction of sp³-hybridized carbons (Fsp3) is 0.500. The van der Waals surface area contributed by atoms with E-state index in [1.54, 1.807) is 0 Å². The minimum absolute atomic E-state index is 0. The maximum absolute atomic E-state index is 10.1. The summed E-state index contributed by atoms with van der Waals surface area (Å²) in [6, 6.07) is 0. The maximum atomic E-state index is 10.1. The van der Waals surface area contributed by atoms with Crippen molar-refractivity contribution in [2.24, 2.45) is 0 Å². The average molecular weight is 281 g/mol. The molecule has 0 bridgehead atoms. The van der Waals surface area contributed by atoms with Crippen molar-refractivity contribution < 1.29 is 51.9 Å². The van der Waals surface area contributed by atoms with Gasteiger partial charge in [0, 0.05) is 24.8 Å². The summed E-state index contributed by atoms with van der Waals surface area (Å²) < 4.78 is 0. The molecule has 0 unspecified atom stereocenters. The van der Waals surface area contributed by atoms with Crippen LogP contribution in [0.4, 0.5) is 0 Å². The number of hydrogen-bond acceptors (Lipinski definition) is 7. The van der Waals surface area contributed by atoms with Crippen LogP contribution in [0, 0.1) is 0 Å². The molecule has 16 heavy (non-hydrogen) atoms. The minimum atomic E-state index is -2.97. The smallest absolute Gasteiger partial charge is 0.550 e. The monoisotopic (exact) mass is 281 g/mol. The van der Waals surface area contributed by atoms with Crippen LogP contribution < -0.4 is 27.6 Å². The van der Waals surface area contributed by atoms with E-state index >= 15 is 0 Å². The van der Waals surface area contributed by atoms with Gasteiger partial charge in [-0.3, -0.25) is 0 Å². The molecular weight excluding hydrogens is 268 g/mol. The van der Waals surface area contributed by atoms with Crippen LogP contribution in [0.5, 0.6) is 0 Å². The van der Waals surface area contributed by atoms with Gasteiger partial charge in [-0.05, 0) is 0 Å². The number of aliphatic hydroxyl groups is 1. The molecule has 9 nitrogen and oxygen atoms in total. The van der Waals surface area contributed by atoms with Crippen LogP contribution in [0.15, 0.2) is 0 Å². The van der Waals surface area contributed by atoms with Crippen molar-refractivity contribution in [1.29, 1.82) is 0 Å². The van der Waals surface area contributed by atoms with Crippen molar-refractivity contribution in [2.45, 2.75) is 18.4 Å². The second-order valence-corrected chi connectivity index (χ2v) is 2.42. The molecule has 10 heteroatoms. The Kier molecular flexibility index (Phi) is 13.7. The maximum Gasteiger partial charge on any atom is 1.00 e. The largest absolute Gasteiger partial charge is 1.00 e. The van der Waals surface area contributed by atoms with Crippen LogP contribution in [0.2, 0.25) is 0 Å². The van der Waals surface area contributed by atoms with E-state index < -0.39 is 36.4 Å². The number of quaternary nitrogens is 2. The number of carboxylic acids is 3. The fourth-order valence-electron chi connectivity index (χ4n) is 0.684. The van der Waals surface area contributed by atoms with Gasteiger partial charge in [-0.25, -0.2) is 0 Å². The Morgan fingerprint density at radius 2 is 1.19 bits per heavy atom. The summed E-state index contributed by atoms with van der Waals surface area (Å²) in [4.78, 5) is 30.0. The van der Waals surface area contributed by atoms with Gasteiger partial charge in [0.25, 0.3) is 0 Å². The molecule has 0 saturated carbocycles. The average Bonchev–Trinajstić information content (AvgIpc) is 1.82. The summed E-state index contributed by atoms with van der Waals surface area (Å²) in [5.41, 5.74) is -2.97. The molecular formula is C6H13FeN2O7. The van der Waals surface area contributed by atoms with Crippen LogP contribution in [0.1, 0.15) is 12.8 Å². The van der Waals surface area contributed by atoms with E-state index in [1.165, 1.54) is 0 Å². The van der Waals surface area contributed by atoms with Crippen molar-refractivity contribution in [3.05, 3.63) is 0 Å². The first-order valence-corrected chi connectivity index (χ1v) is 3.11. The molecule has 0 spiro atoms. The molecule has 0 atom stereocenters. The number of hydrogen-bond donors (Lipinski definition) is 3.